The van der Waals surface area contributed by atoms with Crippen LogP contribution >= 0.6 is 0 Å². The molecule has 0 aliphatic heterocycles. The highest BCUT2D eigenvalue weighted by Gasteiger charge is 2.09. The average molecular weight is 263 g/mol. The summed E-state index contributed by atoms with van der Waals surface area (Å²) in [5, 5.41) is 4.63. The van der Waals surface area contributed by atoms with Crippen LogP contribution in [-0.2, 0) is 12.8 Å². The Bertz CT molecular complexity index is 757. The van der Waals surface area contributed by atoms with Crippen molar-refractivity contribution in [3.05, 3.63) is 59.9 Å². The van der Waals surface area contributed by atoms with Gasteiger partial charge in [-0.1, -0.05) is 6.07 Å². The number of rotatable bonds is 2. The number of nitrogens with one attached hydrogen (secondary N) is 1. The molecule has 1 aliphatic carbocycles. The van der Waals surface area contributed by atoms with Crippen LogP contribution in [-0.4, -0.2) is 0 Å². The molecule has 0 saturated heterocycles. The zero-order valence-electron chi connectivity index (χ0n) is 11.4. The van der Waals surface area contributed by atoms with Crippen molar-refractivity contribution in [2.75, 3.05) is 5.32 Å². The highest BCUT2D eigenvalue weighted by molar-refractivity contribution is 5.82. The maximum absolute atomic E-state index is 5.37. The van der Waals surface area contributed by atoms with Gasteiger partial charge in [0.25, 0.3) is 0 Å². The summed E-state index contributed by atoms with van der Waals surface area (Å²) < 4.78 is 5.37. The fourth-order valence-corrected chi connectivity index (χ4v) is 3.02. The van der Waals surface area contributed by atoms with E-state index in [0.717, 1.165) is 16.7 Å². The first-order valence-corrected chi connectivity index (χ1v) is 7.25. The minimum atomic E-state index is 0.931. The average Bonchev–Trinajstić information content (AvgIpc) is 2.95. The number of aryl methyl sites for hydroxylation is 2. The van der Waals surface area contributed by atoms with Crippen LogP contribution in [0.15, 0.2) is 53.1 Å². The third kappa shape index (κ3) is 2.07. The lowest BCUT2D eigenvalue weighted by atomic mass is 9.91. The van der Waals surface area contributed by atoms with Gasteiger partial charge in [0.2, 0.25) is 0 Å². The topological polar surface area (TPSA) is 25.2 Å². The van der Waals surface area contributed by atoms with Crippen LogP contribution in [0.2, 0.25) is 0 Å². The van der Waals surface area contributed by atoms with Crippen LogP contribution in [0.5, 0.6) is 0 Å². The van der Waals surface area contributed by atoms with Gasteiger partial charge in [-0.3, -0.25) is 0 Å². The number of hydrogen-bond donors (Lipinski definition) is 1. The Morgan fingerprint density at radius 2 is 1.60 bits per heavy atom. The molecule has 1 N–H and O–H groups in total. The monoisotopic (exact) mass is 263 g/mol. The lowest BCUT2D eigenvalue weighted by Crippen LogP contribution is -2.03. The maximum Gasteiger partial charge on any atom is 0.133 e. The zero-order valence-corrected chi connectivity index (χ0v) is 11.4. The van der Waals surface area contributed by atoms with E-state index in [9.17, 15) is 0 Å². The minimum Gasteiger partial charge on any atom is -0.464 e. The van der Waals surface area contributed by atoms with Crippen LogP contribution < -0.4 is 5.32 Å². The van der Waals surface area contributed by atoms with Crippen molar-refractivity contribution in [3.63, 3.8) is 0 Å². The molecule has 0 bridgehead atoms. The Balaban J connectivity index is 1.64. The molecule has 1 aliphatic rings. The molecule has 0 saturated carbocycles. The van der Waals surface area contributed by atoms with Gasteiger partial charge in [-0.25, -0.2) is 0 Å². The van der Waals surface area contributed by atoms with E-state index in [1.165, 1.54) is 42.5 Å². The summed E-state index contributed by atoms with van der Waals surface area (Å²) in [6, 6.07) is 14.9. The molecule has 2 aromatic carbocycles. The summed E-state index contributed by atoms with van der Waals surface area (Å²) in [5.41, 5.74) is 6.24. The van der Waals surface area contributed by atoms with E-state index < -0.39 is 0 Å². The number of furan rings is 1. The van der Waals surface area contributed by atoms with Crippen molar-refractivity contribution in [1.82, 2.24) is 0 Å². The number of fused-ring (bicyclic) bond motifs is 2. The predicted octanol–water partition coefficient (Wildman–Crippen LogP) is 5.06. The van der Waals surface area contributed by atoms with Gasteiger partial charge in [0, 0.05) is 16.8 Å². The molecule has 2 heteroatoms. The van der Waals surface area contributed by atoms with Crippen molar-refractivity contribution in [2.45, 2.75) is 25.7 Å². The molecule has 1 heterocycles. The molecular formula is C18H17NO. The molecule has 0 fully saturated rings. The molecule has 0 unspecified atom stereocenters. The normalized spacial score (nSPS) is 14.2. The largest absolute Gasteiger partial charge is 0.464 e. The van der Waals surface area contributed by atoms with Crippen molar-refractivity contribution >= 4 is 22.3 Å². The van der Waals surface area contributed by atoms with Gasteiger partial charge in [0.1, 0.15) is 5.58 Å². The number of anilines is 2. The SMILES string of the molecule is c1cc2cc(Nc3ccc4c(c3)CCCC4)ccc2o1. The van der Waals surface area contributed by atoms with Gasteiger partial charge < -0.3 is 9.73 Å². The third-order valence-corrected chi connectivity index (χ3v) is 4.09. The van der Waals surface area contributed by atoms with E-state index in [2.05, 4.69) is 35.6 Å². The van der Waals surface area contributed by atoms with Crippen LogP contribution in [0.25, 0.3) is 11.0 Å². The number of hydrogen-bond acceptors (Lipinski definition) is 2. The Kier molecular flexibility index (Phi) is 2.73. The maximum atomic E-state index is 5.37. The summed E-state index contributed by atoms with van der Waals surface area (Å²) in [5.74, 6) is 0. The second-order valence-electron chi connectivity index (χ2n) is 5.49. The second kappa shape index (κ2) is 4.71. The Hall–Kier alpha value is -2.22. The first kappa shape index (κ1) is 11.6. The lowest BCUT2D eigenvalue weighted by Gasteiger charge is -2.17. The van der Waals surface area contributed by atoms with E-state index in [4.69, 9.17) is 4.42 Å². The molecular weight excluding hydrogens is 246 g/mol. The highest BCUT2D eigenvalue weighted by atomic mass is 16.3. The van der Waals surface area contributed by atoms with Gasteiger partial charge in [0.15, 0.2) is 0 Å². The molecule has 0 radical (unpaired) electrons. The summed E-state index contributed by atoms with van der Waals surface area (Å²) in [4.78, 5) is 0. The molecule has 1 aromatic heterocycles. The standard InChI is InChI=1S/C18H17NO/c1-2-4-14-11-16(6-5-13(14)3-1)19-17-7-8-18-15(12-17)9-10-20-18/h5-12,19H,1-4H2. The van der Waals surface area contributed by atoms with Crippen LogP contribution in [0, 0.1) is 0 Å². The molecule has 0 spiro atoms. The van der Waals surface area contributed by atoms with E-state index in [1.54, 1.807) is 6.26 Å². The van der Waals surface area contributed by atoms with Crippen LogP contribution in [0.4, 0.5) is 11.4 Å². The number of benzene rings is 2. The second-order valence-corrected chi connectivity index (χ2v) is 5.49. The Morgan fingerprint density at radius 1 is 0.800 bits per heavy atom. The van der Waals surface area contributed by atoms with Crippen molar-refractivity contribution in [1.29, 1.82) is 0 Å². The van der Waals surface area contributed by atoms with Crippen molar-refractivity contribution < 1.29 is 4.42 Å². The molecule has 2 nitrogen and oxygen atoms in total. The lowest BCUT2D eigenvalue weighted by molar-refractivity contribution is 0.616. The fourth-order valence-electron chi connectivity index (χ4n) is 3.02. The summed E-state index contributed by atoms with van der Waals surface area (Å²) in [7, 11) is 0. The van der Waals surface area contributed by atoms with Crippen LogP contribution in [0.3, 0.4) is 0 Å². The van der Waals surface area contributed by atoms with Gasteiger partial charge in [-0.15, -0.1) is 0 Å². The molecule has 4 rings (SSSR count). The highest BCUT2D eigenvalue weighted by Crippen LogP contribution is 2.27. The molecule has 3 aromatic rings. The van der Waals surface area contributed by atoms with Gasteiger partial charge in [0.05, 0.1) is 6.26 Å². The van der Waals surface area contributed by atoms with Crippen LogP contribution in [0.1, 0.15) is 24.0 Å². The van der Waals surface area contributed by atoms with E-state index >= 15 is 0 Å². The summed E-state index contributed by atoms with van der Waals surface area (Å²) >= 11 is 0. The first-order valence-electron chi connectivity index (χ1n) is 7.25. The molecule has 0 amide bonds. The van der Waals surface area contributed by atoms with E-state index in [1.807, 2.05) is 12.1 Å². The molecule has 100 valence electrons. The quantitative estimate of drug-likeness (QED) is 0.699. The Labute approximate surface area is 118 Å². The van der Waals surface area contributed by atoms with E-state index in [-0.39, 0.29) is 0 Å². The Morgan fingerprint density at radius 3 is 2.55 bits per heavy atom. The minimum absolute atomic E-state index is 0.931. The summed E-state index contributed by atoms with van der Waals surface area (Å²) in [6.45, 7) is 0. The zero-order chi connectivity index (χ0) is 13.4. The third-order valence-electron chi connectivity index (χ3n) is 4.09. The fraction of sp³-hybridized carbons (Fsp3) is 0.222. The van der Waals surface area contributed by atoms with Crippen molar-refractivity contribution in [3.8, 4) is 0 Å². The van der Waals surface area contributed by atoms with Gasteiger partial charge >= 0.3 is 0 Å². The molecule has 0 atom stereocenters. The summed E-state index contributed by atoms with van der Waals surface area (Å²) in [6.07, 6.45) is 6.82. The predicted molar refractivity (Wildman–Crippen MR) is 82.6 cm³/mol. The van der Waals surface area contributed by atoms with Gasteiger partial charge in [-0.05, 0) is 73.2 Å². The first-order chi connectivity index (χ1) is 9.88. The molecule has 20 heavy (non-hydrogen) atoms. The van der Waals surface area contributed by atoms with Crippen molar-refractivity contribution in [2.24, 2.45) is 0 Å². The smallest absolute Gasteiger partial charge is 0.133 e. The van der Waals surface area contributed by atoms with Gasteiger partial charge in [-0.2, -0.15) is 0 Å². The van der Waals surface area contributed by atoms with E-state index in [0.29, 0.717) is 0 Å².